The Morgan fingerprint density at radius 3 is 2.36 bits per heavy atom. The molecule has 2 fully saturated rings. The van der Waals surface area contributed by atoms with Crippen molar-refractivity contribution in [3.8, 4) is 0 Å². The molecule has 22 heavy (non-hydrogen) atoms. The van der Waals surface area contributed by atoms with E-state index in [9.17, 15) is 14.4 Å². The maximum Gasteiger partial charge on any atom is 0.316 e. The lowest BCUT2D eigenvalue weighted by atomic mass is 9.83. The zero-order valence-electron chi connectivity index (χ0n) is 12.9. The Kier molecular flexibility index (Phi) is 5.89. The number of rotatable bonds is 9. The third-order valence-corrected chi connectivity index (χ3v) is 6.59. The van der Waals surface area contributed by atoms with Gasteiger partial charge in [-0.3, -0.25) is 14.4 Å². The van der Waals surface area contributed by atoms with Crippen LogP contribution in [-0.4, -0.2) is 38.4 Å². The fraction of sp³-hybridized carbons (Fsp3) is 0.812. The molecule has 0 saturated heterocycles. The van der Waals surface area contributed by atoms with Crippen LogP contribution in [0.2, 0.25) is 0 Å². The molecule has 2 rings (SSSR count). The van der Waals surface area contributed by atoms with Crippen molar-refractivity contribution in [1.29, 1.82) is 0 Å². The van der Waals surface area contributed by atoms with Crippen LogP contribution in [0.5, 0.6) is 0 Å². The van der Waals surface area contributed by atoms with Gasteiger partial charge in [0.25, 0.3) is 0 Å². The number of carboxylic acids is 2. The topological polar surface area (TPSA) is 91.7 Å². The van der Waals surface area contributed by atoms with Gasteiger partial charge >= 0.3 is 11.9 Å². The van der Waals surface area contributed by atoms with Gasteiger partial charge in [0.2, 0.25) is 0 Å². The first-order valence-electron chi connectivity index (χ1n) is 8.03. The van der Waals surface area contributed by atoms with Crippen LogP contribution in [0.4, 0.5) is 0 Å². The summed E-state index contributed by atoms with van der Waals surface area (Å²) in [5.41, 5.74) is 0. The summed E-state index contributed by atoms with van der Waals surface area (Å²) in [6, 6.07) is 0. The molecule has 0 amide bonds. The molecule has 2 aliphatic rings. The number of hydrogen-bond acceptors (Lipinski definition) is 4. The molecule has 0 aromatic rings. The summed E-state index contributed by atoms with van der Waals surface area (Å²) >= 11 is 1.44. The monoisotopic (exact) mass is 328 g/mol. The maximum atomic E-state index is 12.5. The van der Waals surface area contributed by atoms with Gasteiger partial charge in [-0.05, 0) is 50.9 Å². The van der Waals surface area contributed by atoms with E-state index in [1.54, 1.807) is 6.92 Å². The lowest BCUT2D eigenvalue weighted by molar-refractivity contribution is -0.137. The van der Waals surface area contributed by atoms with Gasteiger partial charge in [0.1, 0.15) is 5.78 Å². The number of fused-ring (bicyclic) bond motifs is 2. The molecule has 0 aromatic heterocycles. The van der Waals surface area contributed by atoms with E-state index in [-0.39, 0.29) is 23.4 Å². The molecule has 0 aliphatic heterocycles. The van der Waals surface area contributed by atoms with E-state index in [2.05, 4.69) is 0 Å². The van der Waals surface area contributed by atoms with Gasteiger partial charge in [0, 0.05) is 24.0 Å². The fourth-order valence-electron chi connectivity index (χ4n) is 3.92. The summed E-state index contributed by atoms with van der Waals surface area (Å²) in [4.78, 5) is 34.1. The Bertz CT molecular complexity index is 450. The number of thioether (sulfide) groups is 1. The van der Waals surface area contributed by atoms with Crippen LogP contribution in [0.1, 0.15) is 51.9 Å². The zero-order chi connectivity index (χ0) is 16.3. The molecule has 0 spiro atoms. The van der Waals surface area contributed by atoms with Gasteiger partial charge in [-0.25, -0.2) is 0 Å². The number of carboxylic acid groups (broad SMARTS) is 2. The predicted molar refractivity (Wildman–Crippen MR) is 83.9 cm³/mol. The first kappa shape index (κ1) is 17.3. The molecule has 5 nitrogen and oxygen atoms in total. The highest BCUT2D eigenvalue weighted by Gasteiger charge is 2.51. The second-order valence-electron chi connectivity index (χ2n) is 6.51. The molecular formula is C16H24O5S. The number of carbonyl (C=O) groups is 3. The molecule has 2 aliphatic carbocycles. The van der Waals surface area contributed by atoms with E-state index in [0.717, 1.165) is 19.3 Å². The lowest BCUT2D eigenvalue weighted by Crippen LogP contribution is -2.34. The summed E-state index contributed by atoms with van der Waals surface area (Å²) in [6.45, 7) is 1.69. The van der Waals surface area contributed by atoms with Crippen molar-refractivity contribution in [2.75, 3.05) is 0 Å². The van der Waals surface area contributed by atoms with Crippen LogP contribution in [-0.2, 0) is 14.4 Å². The lowest BCUT2D eigenvalue weighted by Gasteiger charge is -2.30. The quantitative estimate of drug-likeness (QED) is 0.632. The van der Waals surface area contributed by atoms with Crippen LogP contribution in [0.25, 0.3) is 0 Å². The molecule has 0 aromatic carbocycles. The van der Waals surface area contributed by atoms with E-state index in [1.165, 1.54) is 11.8 Å². The van der Waals surface area contributed by atoms with Crippen molar-refractivity contribution in [3.05, 3.63) is 0 Å². The SMILES string of the molecule is CC(SC1C2CCC(C2)C1C(=O)CCCCC(=O)O)C(=O)O. The molecule has 2 bridgehead atoms. The third kappa shape index (κ3) is 4.03. The van der Waals surface area contributed by atoms with Gasteiger partial charge in [-0.2, -0.15) is 0 Å². The molecular weight excluding hydrogens is 304 g/mol. The van der Waals surface area contributed by atoms with Crippen LogP contribution in [0.3, 0.4) is 0 Å². The minimum Gasteiger partial charge on any atom is -0.481 e. The second-order valence-corrected chi connectivity index (χ2v) is 8.03. The summed E-state index contributed by atoms with van der Waals surface area (Å²) in [5.74, 6) is -0.556. The molecule has 2 saturated carbocycles. The molecule has 0 heterocycles. The van der Waals surface area contributed by atoms with Gasteiger partial charge in [-0.15, -0.1) is 11.8 Å². The first-order chi connectivity index (χ1) is 10.4. The van der Waals surface area contributed by atoms with Gasteiger partial charge < -0.3 is 10.2 Å². The van der Waals surface area contributed by atoms with Crippen LogP contribution in [0, 0.1) is 17.8 Å². The van der Waals surface area contributed by atoms with Crippen LogP contribution in [0.15, 0.2) is 0 Å². The highest BCUT2D eigenvalue weighted by molar-refractivity contribution is 8.01. The second kappa shape index (κ2) is 7.49. The predicted octanol–water partition coefficient (Wildman–Crippen LogP) is 2.82. The van der Waals surface area contributed by atoms with Gasteiger partial charge in [-0.1, -0.05) is 0 Å². The number of hydrogen-bond donors (Lipinski definition) is 2. The van der Waals surface area contributed by atoms with E-state index in [1.807, 2.05) is 0 Å². The molecule has 5 atom stereocenters. The number of unbranched alkanes of at least 4 members (excludes halogenated alkanes) is 1. The van der Waals surface area contributed by atoms with Gasteiger partial charge in [0.05, 0.1) is 5.25 Å². The van der Waals surface area contributed by atoms with Crippen molar-refractivity contribution < 1.29 is 24.6 Å². The Labute approximate surface area is 134 Å². The van der Waals surface area contributed by atoms with Crippen molar-refractivity contribution in [3.63, 3.8) is 0 Å². The van der Waals surface area contributed by atoms with E-state index in [4.69, 9.17) is 10.2 Å². The number of carbonyl (C=O) groups excluding carboxylic acids is 1. The Morgan fingerprint density at radius 2 is 1.73 bits per heavy atom. The minimum atomic E-state index is -0.823. The molecule has 0 radical (unpaired) electrons. The van der Waals surface area contributed by atoms with Crippen molar-refractivity contribution >= 4 is 29.5 Å². The number of ketones is 1. The first-order valence-corrected chi connectivity index (χ1v) is 8.97. The van der Waals surface area contributed by atoms with Crippen molar-refractivity contribution in [2.45, 2.75) is 62.4 Å². The molecule has 5 unspecified atom stereocenters. The molecule has 2 N–H and O–H groups in total. The maximum absolute atomic E-state index is 12.5. The van der Waals surface area contributed by atoms with E-state index < -0.39 is 17.2 Å². The fourth-order valence-corrected chi connectivity index (χ4v) is 5.52. The Hall–Kier alpha value is -1.04. The number of Topliss-reactive ketones (excluding diaryl/α,β-unsaturated/α-hetero) is 1. The van der Waals surface area contributed by atoms with E-state index >= 15 is 0 Å². The van der Waals surface area contributed by atoms with E-state index in [0.29, 0.717) is 31.1 Å². The smallest absolute Gasteiger partial charge is 0.316 e. The summed E-state index contributed by atoms with van der Waals surface area (Å²) in [7, 11) is 0. The summed E-state index contributed by atoms with van der Waals surface area (Å²) in [6.07, 6.45) is 4.93. The van der Waals surface area contributed by atoms with Crippen molar-refractivity contribution in [2.24, 2.45) is 17.8 Å². The third-order valence-electron chi connectivity index (χ3n) is 4.98. The normalized spacial score (nSPS) is 31.1. The van der Waals surface area contributed by atoms with Gasteiger partial charge in [0.15, 0.2) is 0 Å². The van der Waals surface area contributed by atoms with Crippen LogP contribution < -0.4 is 0 Å². The highest BCUT2D eigenvalue weighted by atomic mass is 32.2. The largest absolute Gasteiger partial charge is 0.481 e. The molecule has 6 heteroatoms. The summed E-state index contributed by atoms with van der Waals surface area (Å²) < 4.78 is 0. The Balaban J connectivity index is 1.90. The average molecular weight is 328 g/mol. The standard InChI is InChI=1S/C16H24O5S/c1-9(16(20)21)22-15-11-7-6-10(8-11)14(15)12(17)4-2-3-5-13(18)19/h9-11,14-15H,2-8H2,1H3,(H,18,19)(H,20,21). The average Bonchev–Trinajstić information content (AvgIpc) is 3.04. The minimum absolute atomic E-state index is 0.0182. The zero-order valence-corrected chi connectivity index (χ0v) is 13.7. The molecule has 124 valence electrons. The Morgan fingerprint density at radius 1 is 1.09 bits per heavy atom. The highest BCUT2D eigenvalue weighted by Crippen LogP contribution is 2.54. The number of aliphatic carboxylic acids is 2. The summed E-state index contributed by atoms with van der Waals surface area (Å²) in [5, 5.41) is 17.4. The van der Waals surface area contributed by atoms with Crippen molar-refractivity contribution in [1.82, 2.24) is 0 Å². The van der Waals surface area contributed by atoms with Crippen LogP contribution >= 0.6 is 11.8 Å².